The van der Waals surface area contributed by atoms with E-state index < -0.39 is 5.97 Å². The summed E-state index contributed by atoms with van der Waals surface area (Å²) in [6.45, 7) is 4.23. The molecule has 0 spiro atoms. The van der Waals surface area contributed by atoms with Gasteiger partial charge in [0.1, 0.15) is 0 Å². The quantitative estimate of drug-likeness (QED) is 0.811. The Morgan fingerprint density at radius 3 is 2.39 bits per heavy atom. The van der Waals surface area contributed by atoms with E-state index in [4.69, 9.17) is 9.84 Å². The SMILES string of the molecule is CC1CC(NC2CCCC(C(=O)O)C2)CC(C)O1. The molecule has 1 aliphatic heterocycles. The number of carboxylic acid groups (broad SMARTS) is 1. The Bertz CT molecular complexity index is 285. The summed E-state index contributed by atoms with van der Waals surface area (Å²) >= 11 is 0. The summed E-state index contributed by atoms with van der Waals surface area (Å²) in [6, 6.07) is 0.864. The highest BCUT2D eigenvalue weighted by atomic mass is 16.5. The van der Waals surface area contributed by atoms with E-state index >= 15 is 0 Å². The molecule has 0 aromatic carbocycles. The smallest absolute Gasteiger partial charge is 0.306 e. The zero-order valence-electron chi connectivity index (χ0n) is 11.4. The molecule has 2 aliphatic rings. The van der Waals surface area contributed by atoms with E-state index in [1.807, 2.05) is 0 Å². The van der Waals surface area contributed by atoms with Crippen molar-refractivity contribution in [2.45, 2.75) is 76.7 Å². The van der Waals surface area contributed by atoms with Gasteiger partial charge in [-0.25, -0.2) is 0 Å². The number of nitrogens with one attached hydrogen (secondary N) is 1. The van der Waals surface area contributed by atoms with Crippen LogP contribution in [0.3, 0.4) is 0 Å². The maximum absolute atomic E-state index is 11.0. The van der Waals surface area contributed by atoms with Crippen molar-refractivity contribution >= 4 is 5.97 Å². The standard InChI is InChI=1S/C14H25NO3/c1-9-6-13(7-10(2)18-9)15-12-5-3-4-11(8-12)14(16)17/h9-13,15H,3-8H2,1-2H3,(H,16,17). The second-order valence-electron chi connectivity index (χ2n) is 5.99. The topological polar surface area (TPSA) is 58.6 Å². The first-order chi connectivity index (χ1) is 8.54. The number of hydrogen-bond acceptors (Lipinski definition) is 3. The van der Waals surface area contributed by atoms with Gasteiger partial charge in [-0.15, -0.1) is 0 Å². The van der Waals surface area contributed by atoms with Gasteiger partial charge in [-0.2, -0.15) is 0 Å². The van der Waals surface area contributed by atoms with Gasteiger partial charge in [-0.05, 0) is 46.0 Å². The van der Waals surface area contributed by atoms with Crippen LogP contribution in [-0.4, -0.2) is 35.4 Å². The van der Waals surface area contributed by atoms with Gasteiger partial charge in [0.25, 0.3) is 0 Å². The van der Waals surface area contributed by atoms with Crippen LogP contribution in [0.25, 0.3) is 0 Å². The van der Waals surface area contributed by atoms with E-state index in [0.717, 1.165) is 38.5 Å². The summed E-state index contributed by atoms with van der Waals surface area (Å²) in [6.07, 6.45) is 6.48. The van der Waals surface area contributed by atoms with Gasteiger partial charge in [-0.3, -0.25) is 4.79 Å². The fraction of sp³-hybridized carbons (Fsp3) is 0.929. The summed E-state index contributed by atoms with van der Waals surface area (Å²) in [4.78, 5) is 11.0. The lowest BCUT2D eigenvalue weighted by molar-refractivity contribution is -0.143. The number of ether oxygens (including phenoxy) is 1. The molecule has 4 heteroatoms. The number of carboxylic acids is 1. The first kappa shape index (κ1) is 13.8. The molecule has 1 heterocycles. The highest BCUT2D eigenvalue weighted by Crippen LogP contribution is 2.27. The Kier molecular flexibility index (Phi) is 4.62. The Morgan fingerprint density at radius 2 is 1.78 bits per heavy atom. The van der Waals surface area contributed by atoms with Crippen molar-refractivity contribution < 1.29 is 14.6 Å². The molecule has 2 rings (SSSR count). The van der Waals surface area contributed by atoms with Gasteiger partial charge in [0, 0.05) is 12.1 Å². The van der Waals surface area contributed by atoms with Crippen LogP contribution in [0, 0.1) is 5.92 Å². The Hall–Kier alpha value is -0.610. The van der Waals surface area contributed by atoms with Crippen LogP contribution in [0.4, 0.5) is 0 Å². The highest BCUT2D eigenvalue weighted by Gasteiger charge is 2.30. The fourth-order valence-corrected chi connectivity index (χ4v) is 3.44. The molecule has 1 saturated carbocycles. The minimum Gasteiger partial charge on any atom is -0.481 e. The molecule has 2 fully saturated rings. The first-order valence-corrected chi connectivity index (χ1v) is 7.19. The monoisotopic (exact) mass is 255 g/mol. The second kappa shape index (κ2) is 6.02. The van der Waals surface area contributed by atoms with Crippen molar-refractivity contribution in [3.8, 4) is 0 Å². The van der Waals surface area contributed by atoms with Crippen LogP contribution in [0.15, 0.2) is 0 Å². The maximum Gasteiger partial charge on any atom is 0.306 e. The van der Waals surface area contributed by atoms with Crippen LogP contribution < -0.4 is 5.32 Å². The molecule has 18 heavy (non-hydrogen) atoms. The second-order valence-corrected chi connectivity index (χ2v) is 5.99. The molecule has 4 atom stereocenters. The molecule has 4 nitrogen and oxygen atoms in total. The van der Waals surface area contributed by atoms with Crippen LogP contribution in [-0.2, 0) is 9.53 Å². The molecule has 4 unspecified atom stereocenters. The molecule has 104 valence electrons. The normalized spacial score (nSPS) is 41.6. The van der Waals surface area contributed by atoms with Crippen LogP contribution in [0.2, 0.25) is 0 Å². The van der Waals surface area contributed by atoms with E-state index in [2.05, 4.69) is 19.2 Å². The molecule has 0 radical (unpaired) electrons. The molecule has 1 saturated heterocycles. The molecule has 0 amide bonds. The number of aliphatic carboxylic acids is 1. The van der Waals surface area contributed by atoms with Gasteiger partial charge in [-0.1, -0.05) is 6.42 Å². The number of hydrogen-bond donors (Lipinski definition) is 2. The van der Waals surface area contributed by atoms with E-state index in [-0.39, 0.29) is 5.92 Å². The van der Waals surface area contributed by atoms with E-state index in [1.165, 1.54) is 0 Å². The Labute approximate surface area is 109 Å². The minimum atomic E-state index is -0.629. The summed E-state index contributed by atoms with van der Waals surface area (Å²) in [5.41, 5.74) is 0. The van der Waals surface area contributed by atoms with E-state index in [0.29, 0.717) is 24.3 Å². The lowest BCUT2D eigenvalue weighted by atomic mass is 9.85. The molecule has 1 aliphatic carbocycles. The average Bonchev–Trinajstić information content (AvgIpc) is 2.27. The summed E-state index contributed by atoms with van der Waals surface area (Å²) in [5, 5.41) is 12.8. The predicted molar refractivity (Wildman–Crippen MR) is 69.5 cm³/mol. The third-order valence-corrected chi connectivity index (χ3v) is 4.19. The van der Waals surface area contributed by atoms with Crippen LogP contribution >= 0.6 is 0 Å². The first-order valence-electron chi connectivity index (χ1n) is 7.19. The molecular weight excluding hydrogens is 230 g/mol. The Balaban J connectivity index is 1.83. The summed E-state index contributed by atoms with van der Waals surface area (Å²) in [7, 11) is 0. The fourth-order valence-electron chi connectivity index (χ4n) is 3.44. The average molecular weight is 255 g/mol. The van der Waals surface area contributed by atoms with Crippen molar-refractivity contribution in [1.82, 2.24) is 5.32 Å². The largest absolute Gasteiger partial charge is 0.481 e. The van der Waals surface area contributed by atoms with Crippen molar-refractivity contribution in [2.75, 3.05) is 0 Å². The van der Waals surface area contributed by atoms with Gasteiger partial charge in [0.05, 0.1) is 18.1 Å². The van der Waals surface area contributed by atoms with Crippen molar-refractivity contribution in [2.24, 2.45) is 5.92 Å². The van der Waals surface area contributed by atoms with Gasteiger partial charge < -0.3 is 15.2 Å². The third kappa shape index (κ3) is 3.69. The third-order valence-electron chi connectivity index (χ3n) is 4.19. The van der Waals surface area contributed by atoms with Crippen molar-refractivity contribution in [1.29, 1.82) is 0 Å². The van der Waals surface area contributed by atoms with E-state index in [1.54, 1.807) is 0 Å². The zero-order chi connectivity index (χ0) is 13.1. The highest BCUT2D eigenvalue weighted by molar-refractivity contribution is 5.70. The minimum absolute atomic E-state index is 0.147. The predicted octanol–water partition coefficient (Wildman–Crippen LogP) is 2.18. The Morgan fingerprint density at radius 1 is 1.11 bits per heavy atom. The maximum atomic E-state index is 11.0. The van der Waals surface area contributed by atoms with Gasteiger partial charge in [0.15, 0.2) is 0 Å². The van der Waals surface area contributed by atoms with Gasteiger partial charge in [0.2, 0.25) is 0 Å². The number of carbonyl (C=O) groups is 1. The van der Waals surface area contributed by atoms with Crippen molar-refractivity contribution in [3.05, 3.63) is 0 Å². The molecular formula is C14H25NO3. The van der Waals surface area contributed by atoms with Crippen molar-refractivity contribution in [3.63, 3.8) is 0 Å². The number of rotatable bonds is 3. The lowest BCUT2D eigenvalue weighted by Crippen LogP contribution is -2.47. The molecule has 0 bridgehead atoms. The summed E-state index contributed by atoms with van der Waals surface area (Å²) in [5.74, 6) is -0.777. The summed E-state index contributed by atoms with van der Waals surface area (Å²) < 4.78 is 5.73. The van der Waals surface area contributed by atoms with E-state index in [9.17, 15) is 4.79 Å². The molecule has 0 aromatic rings. The lowest BCUT2D eigenvalue weighted by Gasteiger charge is -2.37. The van der Waals surface area contributed by atoms with Crippen LogP contribution in [0.5, 0.6) is 0 Å². The zero-order valence-corrected chi connectivity index (χ0v) is 11.4. The molecule has 0 aromatic heterocycles. The van der Waals surface area contributed by atoms with Crippen LogP contribution in [0.1, 0.15) is 52.4 Å². The van der Waals surface area contributed by atoms with Gasteiger partial charge >= 0.3 is 5.97 Å². The molecule has 2 N–H and O–H groups in total.